The summed E-state index contributed by atoms with van der Waals surface area (Å²) in [6, 6.07) is 17.2. The molecule has 1 aliphatic heterocycles. The monoisotopic (exact) mass is 480 g/mol. The van der Waals surface area contributed by atoms with E-state index in [1.165, 1.54) is 0 Å². The fraction of sp³-hybridized carbons (Fsp3) is 0.280. The lowest BCUT2D eigenvalue weighted by Crippen LogP contribution is -2.43. The maximum Gasteiger partial charge on any atom is 0.254 e. The lowest BCUT2D eigenvalue weighted by Gasteiger charge is -2.32. The van der Waals surface area contributed by atoms with Crippen LogP contribution < -0.4 is 10.1 Å². The van der Waals surface area contributed by atoms with Gasteiger partial charge in [0.25, 0.3) is 5.91 Å². The molecule has 5 nitrogen and oxygen atoms in total. The van der Waals surface area contributed by atoms with Crippen LogP contribution in [-0.2, 0) is 4.79 Å². The Morgan fingerprint density at radius 3 is 2.61 bits per heavy atom. The summed E-state index contributed by atoms with van der Waals surface area (Å²) in [5.41, 5.74) is 2.44. The molecule has 1 fully saturated rings. The van der Waals surface area contributed by atoms with Crippen molar-refractivity contribution in [3.05, 3.63) is 70.2 Å². The minimum absolute atomic E-state index is 0.0393. The molecule has 0 bridgehead atoms. The highest BCUT2D eigenvalue weighted by atomic mass is 79.9. The average molecular weight is 481 g/mol. The van der Waals surface area contributed by atoms with Crippen LogP contribution in [0.3, 0.4) is 0 Å². The van der Waals surface area contributed by atoms with Crippen molar-refractivity contribution in [3.63, 3.8) is 0 Å². The van der Waals surface area contributed by atoms with E-state index in [1.54, 1.807) is 12.0 Å². The number of fused-ring (bicyclic) bond motifs is 1. The molecule has 1 heterocycles. The predicted octanol–water partition coefficient (Wildman–Crippen LogP) is 5.41. The number of ether oxygens (including phenoxy) is 1. The van der Waals surface area contributed by atoms with Gasteiger partial charge < -0.3 is 15.0 Å². The summed E-state index contributed by atoms with van der Waals surface area (Å²) in [6.45, 7) is 3.03. The first-order valence-corrected chi connectivity index (χ1v) is 11.2. The summed E-state index contributed by atoms with van der Waals surface area (Å²) in [4.78, 5) is 28.1. The van der Waals surface area contributed by atoms with Crippen molar-refractivity contribution in [1.82, 2.24) is 4.90 Å². The maximum atomic E-state index is 13.4. The van der Waals surface area contributed by atoms with Crippen LogP contribution in [0.2, 0.25) is 0 Å². The number of rotatable bonds is 4. The van der Waals surface area contributed by atoms with Gasteiger partial charge in [-0.3, -0.25) is 9.59 Å². The Balaban J connectivity index is 1.53. The van der Waals surface area contributed by atoms with Gasteiger partial charge in [-0.1, -0.05) is 40.2 Å². The molecule has 3 aromatic rings. The standard InChI is InChI=1S/C25H25BrN2O3/c1-16-14-18(26)9-11-22(16)27-24(29)17-6-5-13-28(15-17)25(30)21-10-12-23(31-2)20-8-4-3-7-19(20)21/h3-4,7-12,14,17H,5-6,13,15H2,1-2H3,(H,27,29)/t17-/m0/s1. The third-order valence-electron chi connectivity index (χ3n) is 5.86. The van der Waals surface area contributed by atoms with E-state index in [1.807, 2.05) is 61.5 Å². The van der Waals surface area contributed by atoms with Gasteiger partial charge in [0.15, 0.2) is 0 Å². The lowest BCUT2D eigenvalue weighted by atomic mass is 9.95. The van der Waals surface area contributed by atoms with Gasteiger partial charge in [-0.25, -0.2) is 0 Å². The van der Waals surface area contributed by atoms with Gasteiger partial charge in [0.05, 0.1) is 13.0 Å². The topological polar surface area (TPSA) is 58.6 Å². The smallest absolute Gasteiger partial charge is 0.254 e. The summed E-state index contributed by atoms with van der Waals surface area (Å²) >= 11 is 3.45. The number of carbonyl (C=O) groups excluding carboxylic acids is 2. The molecule has 3 aromatic carbocycles. The molecule has 1 saturated heterocycles. The number of methoxy groups -OCH3 is 1. The average Bonchev–Trinajstić information content (AvgIpc) is 2.79. The first kappa shape index (κ1) is 21.4. The van der Waals surface area contributed by atoms with E-state index in [2.05, 4.69) is 21.2 Å². The molecule has 0 radical (unpaired) electrons. The van der Waals surface area contributed by atoms with Gasteiger partial charge in [0, 0.05) is 34.2 Å². The first-order chi connectivity index (χ1) is 15.0. The highest BCUT2D eigenvalue weighted by Gasteiger charge is 2.30. The van der Waals surface area contributed by atoms with Crippen molar-refractivity contribution in [2.75, 3.05) is 25.5 Å². The molecular formula is C25H25BrN2O3. The molecule has 0 aromatic heterocycles. The summed E-state index contributed by atoms with van der Waals surface area (Å²) in [7, 11) is 1.63. The molecule has 0 spiro atoms. The van der Waals surface area contributed by atoms with Crippen LogP contribution in [0, 0.1) is 12.8 Å². The van der Waals surface area contributed by atoms with Crippen molar-refractivity contribution >= 4 is 44.2 Å². The number of hydrogen-bond donors (Lipinski definition) is 1. The molecule has 1 N–H and O–H groups in total. The molecule has 6 heteroatoms. The highest BCUT2D eigenvalue weighted by molar-refractivity contribution is 9.10. The number of carbonyl (C=O) groups is 2. The van der Waals surface area contributed by atoms with Gasteiger partial charge in [0.1, 0.15) is 5.75 Å². The molecule has 0 aliphatic carbocycles. The van der Waals surface area contributed by atoms with Gasteiger partial charge in [0.2, 0.25) is 5.91 Å². The number of amides is 2. The lowest BCUT2D eigenvalue weighted by molar-refractivity contribution is -0.121. The Labute approximate surface area is 190 Å². The van der Waals surface area contributed by atoms with E-state index >= 15 is 0 Å². The van der Waals surface area contributed by atoms with E-state index < -0.39 is 0 Å². The molecule has 1 aliphatic rings. The van der Waals surface area contributed by atoms with E-state index in [0.717, 1.165) is 45.1 Å². The SMILES string of the molecule is COc1ccc(C(=O)N2CCC[C@H](C(=O)Nc3ccc(Br)cc3C)C2)c2ccccc12. The van der Waals surface area contributed by atoms with Crippen LogP contribution in [0.25, 0.3) is 10.8 Å². The molecule has 0 saturated carbocycles. The molecule has 1 atom stereocenters. The minimum Gasteiger partial charge on any atom is -0.496 e. The zero-order valence-corrected chi connectivity index (χ0v) is 19.2. The van der Waals surface area contributed by atoms with Crippen LogP contribution in [0.1, 0.15) is 28.8 Å². The van der Waals surface area contributed by atoms with Crippen LogP contribution in [0.15, 0.2) is 59.1 Å². The first-order valence-electron chi connectivity index (χ1n) is 10.4. The number of benzene rings is 3. The summed E-state index contributed by atoms with van der Waals surface area (Å²) in [5.74, 6) is 0.428. The van der Waals surface area contributed by atoms with Crippen LogP contribution >= 0.6 is 15.9 Å². The Morgan fingerprint density at radius 2 is 1.87 bits per heavy atom. The van der Waals surface area contributed by atoms with Crippen molar-refractivity contribution in [1.29, 1.82) is 0 Å². The number of halogens is 1. The van der Waals surface area contributed by atoms with E-state index in [9.17, 15) is 9.59 Å². The maximum absolute atomic E-state index is 13.4. The fourth-order valence-electron chi connectivity index (χ4n) is 4.18. The third-order valence-corrected chi connectivity index (χ3v) is 6.35. The number of likely N-dealkylation sites (tertiary alicyclic amines) is 1. The summed E-state index contributed by atoms with van der Waals surface area (Å²) in [6.07, 6.45) is 1.58. The van der Waals surface area contributed by atoms with Gasteiger partial charge >= 0.3 is 0 Å². The minimum atomic E-state index is -0.231. The normalized spacial score (nSPS) is 16.2. The highest BCUT2D eigenvalue weighted by Crippen LogP contribution is 2.30. The molecule has 160 valence electrons. The Kier molecular flexibility index (Phi) is 6.28. The van der Waals surface area contributed by atoms with Gasteiger partial charge in [-0.2, -0.15) is 0 Å². The zero-order chi connectivity index (χ0) is 22.0. The van der Waals surface area contributed by atoms with Crippen LogP contribution in [0.4, 0.5) is 5.69 Å². The van der Waals surface area contributed by atoms with E-state index in [-0.39, 0.29) is 17.7 Å². The van der Waals surface area contributed by atoms with E-state index in [0.29, 0.717) is 18.7 Å². The van der Waals surface area contributed by atoms with Crippen molar-refractivity contribution in [2.24, 2.45) is 5.92 Å². The molecule has 2 amide bonds. The van der Waals surface area contributed by atoms with E-state index in [4.69, 9.17) is 4.74 Å². The number of piperidine rings is 1. The fourth-order valence-corrected chi connectivity index (χ4v) is 4.66. The molecule has 0 unspecified atom stereocenters. The molecule has 4 rings (SSSR count). The number of nitrogens with zero attached hydrogens (tertiary/aromatic N) is 1. The predicted molar refractivity (Wildman–Crippen MR) is 127 cm³/mol. The second kappa shape index (κ2) is 9.10. The number of nitrogens with one attached hydrogen (secondary N) is 1. The van der Waals surface area contributed by atoms with Crippen molar-refractivity contribution in [3.8, 4) is 5.75 Å². The Hall–Kier alpha value is -2.86. The zero-order valence-electron chi connectivity index (χ0n) is 17.7. The Bertz CT molecular complexity index is 1140. The van der Waals surface area contributed by atoms with Gasteiger partial charge in [-0.15, -0.1) is 0 Å². The van der Waals surface area contributed by atoms with Gasteiger partial charge in [-0.05, 0) is 61.0 Å². The van der Waals surface area contributed by atoms with Crippen molar-refractivity contribution in [2.45, 2.75) is 19.8 Å². The molecular weight excluding hydrogens is 456 g/mol. The van der Waals surface area contributed by atoms with Crippen LogP contribution in [0.5, 0.6) is 5.75 Å². The van der Waals surface area contributed by atoms with Crippen LogP contribution in [-0.4, -0.2) is 36.9 Å². The largest absolute Gasteiger partial charge is 0.496 e. The number of aryl methyl sites for hydroxylation is 1. The third kappa shape index (κ3) is 4.44. The van der Waals surface area contributed by atoms with Crippen molar-refractivity contribution < 1.29 is 14.3 Å². The summed E-state index contributed by atoms with van der Waals surface area (Å²) < 4.78 is 6.43. The molecule has 31 heavy (non-hydrogen) atoms. The second-order valence-corrected chi connectivity index (χ2v) is 8.82. The number of anilines is 1. The quantitative estimate of drug-likeness (QED) is 0.542. The second-order valence-electron chi connectivity index (χ2n) is 7.90. The Morgan fingerprint density at radius 1 is 1.10 bits per heavy atom. The number of hydrogen-bond acceptors (Lipinski definition) is 3. The summed E-state index contributed by atoms with van der Waals surface area (Å²) in [5, 5.41) is 4.81.